The Morgan fingerprint density at radius 2 is 1.84 bits per heavy atom. The fourth-order valence-electron chi connectivity index (χ4n) is 3.34. The van der Waals surface area contributed by atoms with Crippen LogP contribution >= 0.6 is 23.2 Å². The Balaban J connectivity index is 1.92. The van der Waals surface area contributed by atoms with Crippen molar-refractivity contribution in [1.29, 1.82) is 0 Å². The highest BCUT2D eigenvalue weighted by Gasteiger charge is 2.43. The maximum atomic E-state index is 13.2. The third-order valence-electron chi connectivity index (χ3n) is 5.07. The minimum absolute atomic E-state index is 0.00405. The summed E-state index contributed by atoms with van der Waals surface area (Å²) in [6.07, 6.45) is 0. The van der Waals surface area contributed by atoms with E-state index in [1.54, 1.807) is 25.1 Å². The van der Waals surface area contributed by atoms with Gasteiger partial charge in [0, 0.05) is 23.1 Å². The average Bonchev–Trinajstić information content (AvgIpc) is 2.94. The lowest BCUT2D eigenvalue weighted by Crippen LogP contribution is -2.51. The van der Waals surface area contributed by atoms with E-state index < -0.39 is 40.3 Å². The average molecular weight is 498 g/mol. The van der Waals surface area contributed by atoms with Gasteiger partial charge in [-0.25, -0.2) is 12.7 Å². The van der Waals surface area contributed by atoms with Crippen LogP contribution in [0.25, 0.3) is 0 Å². The number of halogens is 2. The molecular formula is C21H21Cl2N3O5S. The van der Waals surface area contributed by atoms with E-state index >= 15 is 0 Å². The fourth-order valence-corrected chi connectivity index (χ4v) is 5.33. The lowest BCUT2D eigenvalue weighted by atomic mass is 10.1. The van der Waals surface area contributed by atoms with Gasteiger partial charge in [0.2, 0.25) is 11.8 Å². The Morgan fingerprint density at radius 3 is 2.47 bits per heavy atom. The molecule has 0 saturated heterocycles. The molecule has 170 valence electrons. The van der Waals surface area contributed by atoms with Crippen LogP contribution in [0, 0.1) is 0 Å². The number of carbonyl (C=O) groups excluding carboxylic acids is 3. The summed E-state index contributed by atoms with van der Waals surface area (Å²) >= 11 is 12.2. The second kappa shape index (κ2) is 9.48. The third kappa shape index (κ3) is 4.60. The number of nitrogens with one attached hydrogen (secondary N) is 1. The van der Waals surface area contributed by atoms with Crippen molar-refractivity contribution in [3.8, 4) is 0 Å². The molecule has 0 aromatic heterocycles. The summed E-state index contributed by atoms with van der Waals surface area (Å²) < 4.78 is 26.2. The summed E-state index contributed by atoms with van der Waals surface area (Å²) in [5, 5.41) is 3.33. The molecule has 0 radical (unpaired) electrons. The lowest BCUT2D eigenvalue weighted by molar-refractivity contribution is -0.140. The second-order valence-electron chi connectivity index (χ2n) is 7.14. The Hall–Kier alpha value is -2.62. The minimum atomic E-state index is -4.17. The van der Waals surface area contributed by atoms with Crippen molar-refractivity contribution in [3.05, 3.63) is 63.6 Å². The van der Waals surface area contributed by atoms with Gasteiger partial charge in [0.1, 0.15) is 17.5 Å². The molecule has 2 aromatic rings. The number of likely N-dealkylation sites (N-methyl/N-ethyl adjacent to an activating group) is 1. The smallest absolute Gasteiger partial charge is 0.269 e. The number of hydrogen-bond donors (Lipinski definition) is 1. The maximum absolute atomic E-state index is 13.2. The molecule has 2 aromatic carbocycles. The third-order valence-corrected chi connectivity index (χ3v) is 7.44. The number of hydrogen-bond acceptors (Lipinski definition) is 5. The van der Waals surface area contributed by atoms with E-state index in [9.17, 15) is 22.8 Å². The highest BCUT2D eigenvalue weighted by atomic mass is 35.5. The van der Waals surface area contributed by atoms with Crippen molar-refractivity contribution in [2.24, 2.45) is 0 Å². The first kappa shape index (κ1) is 24.0. The van der Waals surface area contributed by atoms with Gasteiger partial charge in [0.25, 0.3) is 15.9 Å². The second-order valence-corrected chi connectivity index (χ2v) is 9.82. The van der Waals surface area contributed by atoms with E-state index in [1.165, 1.54) is 36.1 Å². The Labute approximate surface area is 196 Å². The summed E-state index contributed by atoms with van der Waals surface area (Å²) in [6.45, 7) is 2.77. The number of rotatable bonds is 7. The normalized spacial score (nSPS) is 15.2. The molecule has 0 fully saturated rings. The van der Waals surface area contributed by atoms with Crippen LogP contribution < -0.4 is 5.32 Å². The number of nitrogens with zero attached hydrogens (tertiary/aromatic N) is 2. The molecule has 0 bridgehead atoms. The fraction of sp³-hybridized carbons (Fsp3) is 0.286. The molecule has 11 heteroatoms. The highest BCUT2D eigenvalue weighted by molar-refractivity contribution is 7.90. The Morgan fingerprint density at radius 1 is 1.16 bits per heavy atom. The zero-order chi connectivity index (χ0) is 23.6. The lowest BCUT2D eigenvalue weighted by Gasteiger charge is -2.30. The van der Waals surface area contributed by atoms with Crippen LogP contribution in [0.15, 0.2) is 47.4 Å². The van der Waals surface area contributed by atoms with Crippen molar-refractivity contribution < 1.29 is 22.8 Å². The van der Waals surface area contributed by atoms with E-state index in [0.717, 1.165) is 0 Å². The van der Waals surface area contributed by atoms with Crippen LogP contribution in [-0.4, -0.2) is 54.5 Å². The standard InChI is InChI=1S/C21H21Cl2N3O5S/c1-3-24-20(28)13(2)25(11-14-8-9-15(22)10-17(14)23)19(27)12-26-21(29)16-6-4-5-7-18(16)32(26,30)31/h4-10,13H,3,11-12H2,1-2H3,(H,24,28). The monoisotopic (exact) mass is 497 g/mol. The molecule has 0 aliphatic carbocycles. The van der Waals surface area contributed by atoms with Gasteiger partial charge in [0.05, 0.1) is 5.56 Å². The van der Waals surface area contributed by atoms with Gasteiger partial charge in [-0.1, -0.05) is 41.4 Å². The summed E-state index contributed by atoms with van der Waals surface area (Å²) in [7, 11) is -4.17. The van der Waals surface area contributed by atoms with E-state index in [1.807, 2.05) is 0 Å². The maximum Gasteiger partial charge on any atom is 0.269 e. The first-order chi connectivity index (χ1) is 15.1. The zero-order valence-corrected chi connectivity index (χ0v) is 19.7. The number of benzene rings is 2. The molecule has 1 aliphatic rings. The molecule has 1 atom stereocenters. The predicted octanol–water partition coefficient (Wildman–Crippen LogP) is 2.69. The first-order valence-electron chi connectivity index (χ1n) is 9.75. The van der Waals surface area contributed by atoms with Crippen LogP contribution in [0.4, 0.5) is 0 Å². The van der Waals surface area contributed by atoms with Gasteiger partial charge in [-0.05, 0) is 43.7 Å². The number of amides is 3. The number of carbonyl (C=O) groups is 3. The van der Waals surface area contributed by atoms with E-state index in [4.69, 9.17) is 23.2 Å². The molecule has 1 unspecified atom stereocenters. The van der Waals surface area contributed by atoms with Gasteiger partial charge in [-0.2, -0.15) is 0 Å². The molecule has 3 rings (SSSR count). The zero-order valence-electron chi connectivity index (χ0n) is 17.3. The number of fused-ring (bicyclic) bond motifs is 1. The molecule has 1 aliphatic heterocycles. The van der Waals surface area contributed by atoms with Gasteiger partial charge < -0.3 is 10.2 Å². The Bertz CT molecular complexity index is 1190. The predicted molar refractivity (Wildman–Crippen MR) is 120 cm³/mol. The molecule has 0 spiro atoms. The SMILES string of the molecule is CCNC(=O)C(C)N(Cc1ccc(Cl)cc1Cl)C(=O)CN1C(=O)c2ccccc2S1(=O)=O. The van der Waals surface area contributed by atoms with E-state index in [0.29, 0.717) is 21.4 Å². The van der Waals surface area contributed by atoms with Gasteiger partial charge >= 0.3 is 0 Å². The van der Waals surface area contributed by atoms with Crippen LogP contribution in [0.2, 0.25) is 10.0 Å². The largest absolute Gasteiger partial charge is 0.355 e. The molecule has 0 saturated carbocycles. The van der Waals surface area contributed by atoms with Crippen molar-refractivity contribution >= 4 is 50.9 Å². The van der Waals surface area contributed by atoms with Crippen LogP contribution in [-0.2, 0) is 26.2 Å². The molecule has 1 N–H and O–H groups in total. The highest BCUT2D eigenvalue weighted by Crippen LogP contribution is 2.30. The van der Waals surface area contributed by atoms with Gasteiger partial charge in [-0.15, -0.1) is 0 Å². The van der Waals surface area contributed by atoms with Gasteiger partial charge in [-0.3, -0.25) is 14.4 Å². The van der Waals surface area contributed by atoms with Crippen molar-refractivity contribution in [1.82, 2.24) is 14.5 Å². The molecule has 3 amide bonds. The van der Waals surface area contributed by atoms with Crippen molar-refractivity contribution in [3.63, 3.8) is 0 Å². The quantitative estimate of drug-likeness (QED) is 0.633. The molecule has 1 heterocycles. The number of sulfonamides is 1. The van der Waals surface area contributed by atoms with Gasteiger partial charge in [0.15, 0.2) is 0 Å². The molecular weight excluding hydrogens is 477 g/mol. The molecule has 8 nitrogen and oxygen atoms in total. The molecule has 32 heavy (non-hydrogen) atoms. The van der Waals surface area contributed by atoms with E-state index in [2.05, 4.69) is 5.32 Å². The Kier molecular flexibility index (Phi) is 7.12. The summed E-state index contributed by atoms with van der Waals surface area (Å²) in [6, 6.07) is 9.51. The first-order valence-corrected chi connectivity index (χ1v) is 11.9. The van der Waals surface area contributed by atoms with Crippen LogP contribution in [0.1, 0.15) is 29.8 Å². The van der Waals surface area contributed by atoms with E-state index in [-0.39, 0.29) is 22.0 Å². The van der Waals surface area contributed by atoms with Crippen molar-refractivity contribution in [2.45, 2.75) is 31.3 Å². The van der Waals surface area contributed by atoms with Crippen LogP contribution in [0.3, 0.4) is 0 Å². The van der Waals surface area contributed by atoms with Crippen molar-refractivity contribution in [2.75, 3.05) is 13.1 Å². The minimum Gasteiger partial charge on any atom is -0.355 e. The topological polar surface area (TPSA) is 104 Å². The summed E-state index contributed by atoms with van der Waals surface area (Å²) in [5.74, 6) is -1.94. The van der Waals surface area contributed by atoms with Crippen LogP contribution in [0.5, 0.6) is 0 Å². The summed E-state index contributed by atoms with van der Waals surface area (Å²) in [5.41, 5.74) is 0.517. The summed E-state index contributed by atoms with van der Waals surface area (Å²) in [4.78, 5) is 39.4.